The van der Waals surface area contributed by atoms with Crippen LogP contribution in [-0.2, 0) is 9.53 Å². The lowest BCUT2D eigenvalue weighted by molar-refractivity contribution is -0.124. The van der Waals surface area contributed by atoms with Gasteiger partial charge in [0.25, 0.3) is 5.91 Å². The van der Waals surface area contributed by atoms with E-state index >= 15 is 0 Å². The van der Waals surface area contributed by atoms with Gasteiger partial charge >= 0.3 is 0 Å². The van der Waals surface area contributed by atoms with Gasteiger partial charge in [-0.1, -0.05) is 12.1 Å². The minimum absolute atomic E-state index is 0.0713. The zero-order chi connectivity index (χ0) is 12.7. The Labute approximate surface area is 99.7 Å². The summed E-state index contributed by atoms with van der Waals surface area (Å²) in [5.74, 6) is -0.718. The summed E-state index contributed by atoms with van der Waals surface area (Å²) in [6.07, 6.45) is 0. The zero-order valence-corrected chi connectivity index (χ0v) is 9.90. The lowest BCUT2D eigenvalue weighted by Gasteiger charge is -2.13. The van der Waals surface area contributed by atoms with E-state index in [2.05, 4.69) is 5.32 Å². The van der Waals surface area contributed by atoms with Crippen molar-refractivity contribution in [2.75, 3.05) is 20.3 Å². The zero-order valence-electron chi connectivity index (χ0n) is 9.90. The van der Waals surface area contributed by atoms with Crippen molar-refractivity contribution in [3.8, 4) is 5.75 Å². The Bertz CT molecular complexity index is 371. The molecule has 0 heterocycles. The van der Waals surface area contributed by atoms with E-state index in [-0.39, 0.29) is 24.3 Å². The van der Waals surface area contributed by atoms with Crippen molar-refractivity contribution in [1.29, 1.82) is 0 Å². The van der Waals surface area contributed by atoms with Crippen LogP contribution in [0.4, 0.5) is 4.39 Å². The second kappa shape index (κ2) is 6.85. The van der Waals surface area contributed by atoms with Gasteiger partial charge in [0.15, 0.2) is 18.2 Å². The molecule has 5 heteroatoms. The fraction of sp³-hybridized carbons (Fsp3) is 0.417. The number of benzene rings is 1. The number of methoxy groups -OCH3 is 1. The number of amides is 1. The molecule has 0 saturated heterocycles. The normalized spacial score (nSPS) is 11.9. The van der Waals surface area contributed by atoms with Crippen LogP contribution in [0.15, 0.2) is 24.3 Å². The fourth-order valence-corrected chi connectivity index (χ4v) is 1.31. The highest BCUT2D eigenvalue weighted by molar-refractivity contribution is 5.77. The van der Waals surface area contributed by atoms with Crippen LogP contribution in [-0.4, -0.2) is 32.3 Å². The molecular formula is C12H16FNO3. The lowest BCUT2D eigenvalue weighted by Crippen LogP contribution is -2.38. The highest BCUT2D eigenvalue weighted by Gasteiger charge is 2.09. The van der Waals surface area contributed by atoms with Gasteiger partial charge in [0.2, 0.25) is 0 Å². The molecule has 1 N–H and O–H groups in total. The monoisotopic (exact) mass is 241 g/mol. The maximum absolute atomic E-state index is 13.1. The van der Waals surface area contributed by atoms with Crippen LogP contribution in [0.25, 0.3) is 0 Å². The minimum atomic E-state index is -0.481. The summed E-state index contributed by atoms with van der Waals surface area (Å²) >= 11 is 0. The molecule has 0 aliphatic heterocycles. The average molecular weight is 241 g/mol. The molecule has 0 fully saturated rings. The number of hydrogen-bond acceptors (Lipinski definition) is 3. The predicted octanol–water partition coefficient (Wildman–Crippen LogP) is 1.36. The van der Waals surface area contributed by atoms with E-state index in [1.807, 2.05) is 6.92 Å². The number of para-hydroxylation sites is 1. The van der Waals surface area contributed by atoms with Gasteiger partial charge in [0, 0.05) is 13.2 Å². The first-order valence-electron chi connectivity index (χ1n) is 5.29. The Morgan fingerprint density at radius 2 is 2.18 bits per heavy atom. The molecule has 1 aromatic rings. The van der Waals surface area contributed by atoms with Gasteiger partial charge in [-0.3, -0.25) is 4.79 Å². The number of ether oxygens (including phenoxy) is 2. The third-order valence-corrected chi connectivity index (χ3v) is 2.02. The number of nitrogens with one attached hydrogen (secondary N) is 1. The van der Waals surface area contributed by atoms with Crippen LogP contribution >= 0.6 is 0 Å². The van der Waals surface area contributed by atoms with E-state index in [4.69, 9.17) is 9.47 Å². The fourth-order valence-electron chi connectivity index (χ4n) is 1.31. The molecular weight excluding hydrogens is 225 g/mol. The number of carbonyl (C=O) groups is 1. The number of hydrogen-bond donors (Lipinski definition) is 1. The topological polar surface area (TPSA) is 47.6 Å². The lowest BCUT2D eigenvalue weighted by atomic mass is 10.3. The van der Waals surface area contributed by atoms with Gasteiger partial charge in [-0.15, -0.1) is 0 Å². The first-order valence-corrected chi connectivity index (χ1v) is 5.29. The molecule has 0 aromatic heterocycles. The predicted molar refractivity (Wildman–Crippen MR) is 61.4 cm³/mol. The minimum Gasteiger partial charge on any atom is -0.481 e. The molecule has 1 amide bonds. The Morgan fingerprint density at radius 3 is 2.82 bits per heavy atom. The Hall–Kier alpha value is -1.62. The molecule has 0 aliphatic rings. The smallest absolute Gasteiger partial charge is 0.258 e. The molecule has 94 valence electrons. The van der Waals surface area contributed by atoms with Crippen molar-refractivity contribution >= 4 is 5.91 Å². The van der Waals surface area contributed by atoms with Gasteiger partial charge < -0.3 is 14.8 Å². The molecule has 4 nitrogen and oxygen atoms in total. The van der Waals surface area contributed by atoms with Crippen LogP contribution in [0.2, 0.25) is 0 Å². The Balaban J connectivity index is 2.36. The van der Waals surface area contributed by atoms with Crippen molar-refractivity contribution in [1.82, 2.24) is 5.32 Å². The summed E-state index contributed by atoms with van der Waals surface area (Å²) < 4.78 is 23.1. The van der Waals surface area contributed by atoms with E-state index in [9.17, 15) is 9.18 Å². The molecule has 0 spiro atoms. The first kappa shape index (κ1) is 13.4. The Kier molecular flexibility index (Phi) is 5.42. The van der Waals surface area contributed by atoms with Gasteiger partial charge in [-0.2, -0.15) is 0 Å². The van der Waals surface area contributed by atoms with Gasteiger partial charge in [-0.25, -0.2) is 4.39 Å². The van der Waals surface area contributed by atoms with Crippen molar-refractivity contribution < 1.29 is 18.7 Å². The van der Waals surface area contributed by atoms with E-state index in [1.54, 1.807) is 19.2 Å². The van der Waals surface area contributed by atoms with Crippen LogP contribution in [0, 0.1) is 5.82 Å². The molecule has 17 heavy (non-hydrogen) atoms. The molecule has 0 aliphatic carbocycles. The SMILES string of the molecule is COCC(C)NC(=O)COc1ccccc1F. The van der Waals surface area contributed by atoms with Crippen LogP contribution in [0.5, 0.6) is 5.75 Å². The molecule has 0 bridgehead atoms. The summed E-state index contributed by atoms with van der Waals surface area (Å²) in [5.41, 5.74) is 0. The van der Waals surface area contributed by atoms with E-state index in [0.29, 0.717) is 6.61 Å². The summed E-state index contributed by atoms with van der Waals surface area (Å²) in [6, 6.07) is 5.85. The quantitative estimate of drug-likeness (QED) is 0.818. The third-order valence-electron chi connectivity index (χ3n) is 2.02. The first-order chi connectivity index (χ1) is 8.13. The molecule has 1 unspecified atom stereocenters. The van der Waals surface area contributed by atoms with Crippen molar-refractivity contribution in [3.05, 3.63) is 30.1 Å². The second-order valence-corrected chi connectivity index (χ2v) is 3.64. The molecule has 0 radical (unpaired) electrons. The summed E-state index contributed by atoms with van der Waals surface area (Å²) in [5, 5.41) is 2.66. The maximum atomic E-state index is 13.1. The standard InChI is InChI=1S/C12H16FNO3/c1-9(7-16-2)14-12(15)8-17-11-6-4-3-5-10(11)13/h3-6,9H,7-8H2,1-2H3,(H,14,15). The molecule has 1 aromatic carbocycles. The Morgan fingerprint density at radius 1 is 1.47 bits per heavy atom. The number of carbonyl (C=O) groups excluding carboxylic acids is 1. The third kappa shape index (κ3) is 4.82. The van der Waals surface area contributed by atoms with Crippen LogP contribution in [0.3, 0.4) is 0 Å². The summed E-state index contributed by atoms with van der Waals surface area (Å²) in [4.78, 5) is 11.4. The summed E-state index contributed by atoms with van der Waals surface area (Å²) in [6.45, 7) is 2.02. The second-order valence-electron chi connectivity index (χ2n) is 3.64. The van der Waals surface area contributed by atoms with E-state index < -0.39 is 5.82 Å². The van der Waals surface area contributed by atoms with Crippen LogP contribution in [0.1, 0.15) is 6.92 Å². The largest absolute Gasteiger partial charge is 0.481 e. The van der Waals surface area contributed by atoms with Crippen LogP contribution < -0.4 is 10.1 Å². The summed E-state index contributed by atoms with van der Waals surface area (Å²) in [7, 11) is 1.55. The number of rotatable bonds is 6. The average Bonchev–Trinajstić information content (AvgIpc) is 2.28. The molecule has 1 rings (SSSR count). The van der Waals surface area contributed by atoms with Gasteiger partial charge in [-0.05, 0) is 19.1 Å². The highest BCUT2D eigenvalue weighted by atomic mass is 19.1. The van der Waals surface area contributed by atoms with E-state index in [1.165, 1.54) is 12.1 Å². The van der Waals surface area contributed by atoms with Crippen molar-refractivity contribution in [2.24, 2.45) is 0 Å². The van der Waals surface area contributed by atoms with Gasteiger partial charge in [0.1, 0.15) is 0 Å². The maximum Gasteiger partial charge on any atom is 0.258 e. The van der Waals surface area contributed by atoms with Crippen molar-refractivity contribution in [2.45, 2.75) is 13.0 Å². The van der Waals surface area contributed by atoms with Gasteiger partial charge in [0.05, 0.1) is 6.61 Å². The molecule has 1 atom stereocenters. The molecule has 0 saturated carbocycles. The van der Waals surface area contributed by atoms with Crippen molar-refractivity contribution in [3.63, 3.8) is 0 Å². The highest BCUT2D eigenvalue weighted by Crippen LogP contribution is 2.14. The van der Waals surface area contributed by atoms with E-state index in [0.717, 1.165) is 0 Å². The number of halogens is 1.